The van der Waals surface area contributed by atoms with Gasteiger partial charge in [-0.3, -0.25) is 0 Å². The van der Waals surface area contributed by atoms with E-state index in [4.69, 9.17) is 16.3 Å². The van der Waals surface area contributed by atoms with Gasteiger partial charge >= 0.3 is 0 Å². The zero-order chi connectivity index (χ0) is 13.9. The summed E-state index contributed by atoms with van der Waals surface area (Å²) >= 11 is 5.99. The quantitative estimate of drug-likeness (QED) is 0.423. The van der Waals surface area contributed by atoms with Crippen LogP contribution >= 0.6 is 11.6 Å². The molecule has 1 aromatic rings. The van der Waals surface area contributed by atoms with E-state index in [1.165, 1.54) is 11.1 Å². The highest BCUT2D eigenvalue weighted by Gasteiger charge is 2.05. The molecule has 0 spiro atoms. The minimum Gasteiger partial charge on any atom is -0.443 e. The molecule has 3 heteroatoms. The molecule has 0 amide bonds. The second-order valence-electron chi connectivity index (χ2n) is 4.73. The molecule has 0 radical (unpaired) electrons. The summed E-state index contributed by atoms with van der Waals surface area (Å²) in [5, 5.41) is 0.481. The predicted octanol–water partition coefficient (Wildman–Crippen LogP) is 4.90. The number of halogens is 1. The molecule has 98 valence electrons. The molecule has 0 heterocycles. The van der Waals surface area contributed by atoms with Gasteiger partial charge in [0.05, 0.1) is 0 Å². The third kappa shape index (κ3) is 3.88. The average molecular weight is 266 g/mol. The number of allylic oxidation sites excluding steroid dienone is 1. The maximum Gasteiger partial charge on any atom is 0.192 e. The summed E-state index contributed by atoms with van der Waals surface area (Å²) < 4.78 is 5.73. The van der Waals surface area contributed by atoms with Crippen molar-refractivity contribution in [2.75, 3.05) is 0 Å². The lowest BCUT2D eigenvalue weighted by Crippen LogP contribution is -2.05. The Morgan fingerprint density at radius 1 is 1.00 bits per heavy atom. The van der Waals surface area contributed by atoms with Gasteiger partial charge in [-0.05, 0) is 62.9 Å². The van der Waals surface area contributed by atoms with Gasteiger partial charge in [0.2, 0.25) is 0 Å². The molecule has 2 nitrogen and oxygen atoms in total. The van der Waals surface area contributed by atoms with Crippen molar-refractivity contribution in [2.24, 2.45) is 4.99 Å². The fourth-order valence-electron chi connectivity index (χ4n) is 1.48. The zero-order valence-electron chi connectivity index (χ0n) is 11.9. The van der Waals surface area contributed by atoms with Crippen molar-refractivity contribution < 1.29 is 4.74 Å². The van der Waals surface area contributed by atoms with Crippen LogP contribution in [0.4, 0.5) is 0 Å². The number of benzene rings is 1. The third-order valence-electron chi connectivity index (χ3n) is 2.72. The van der Waals surface area contributed by atoms with Gasteiger partial charge in [0, 0.05) is 6.92 Å². The normalized spacial score (nSPS) is 11.4. The molecule has 0 atom stereocenters. The fourth-order valence-corrected chi connectivity index (χ4v) is 1.60. The number of aryl methyl sites for hydroxylation is 3. The fraction of sp³-hybridized carbons (Fsp3) is 0.400. The van der Waals surface area contributed by atoms with Gasteiger partial charge in [0.15, 0.2) is 5.90 Å². The Labute approximate surface area is 114 Å². The maximum absolute atomic E-state index is 5.99. The van der Waals surface area contributed by atoms with E-state index in [0.29, 0.717) is 11.1 Å². The van der Waals surface area contributed by atoms with Crippen LogP contribution in [0.1, 0.15) is 37.5 Å². The van der Waals surface area contributed by atoms with Gasteiger partial charge in [-0.2, -0.15) is 0 Å². The second kappa shape index (κ2) is 6.05. The van der Waals surface area contributed by atoms with Crippen molar-refractivity contribution in [3.05, 3.63) is 39.6 Å². The van der Waals surface area contributed by atoms with Crippen LogP contribution in [0.5, 0.6) is 5.75 Å². The molecule has 0 fully saturated rings. The first-order valence-electron chi connectivity index (χ1n) is 5.95. The summed E-state index contributed by atoms with van der Waals surface area (Å²) in [6.45, 7) is 11.8. The third-order valence-corrected chi connectivity index (χ3v) is 3.18. The highest BCUT2D eigenvalue weighted by Crippen LogP contribution is 2.23. The summed E-state index contributed by atoms with van der Waals surface area (Å²) in [5.74, 6) is 1.38. The summed E-state index contributed by atoms with van der Waals surface area (Å²) in [4.78, 5) is 4.20. The standard InChI is InChI=1S/C15H20ClNO/c1-9(2)15(16)17-13(6)18-14-8-11(4)10(3)7-12(14)5/h7-8H,1-6H3/b17-13+. The van der Waals surface area contributed by atoms with Crippen molar-refractivity contribution in [3.63, 3.8) is 0 Å². The molecular formula is C15H20ClNO. The SMILES string of the molecule is CC(C)=C(Cl)/N=C(\C)Oc1cc(C)c(C)cc1C. The highest BCUT2D eigenvalue weighted by molar-refractivity contribution is 6.30. The van der Waals surface area contributed by atoms with Gasteiger partial charge in [-0.25, -0.2) is 4.99 Å². The molecule has 1 aromatic carbocycles. The Hall–Kier alpha value is -1.28. The van der Waals surface area contributed by atoms with Gasteiger partial charge in [0.1, 0.15) is 10.9 Å². The van der Waals surface area contributed by atoms with E-state index in [-0.39, 0.29) is 0 Å². The molecule has 0 bridgehead atoms. The Kier molecular flexibility index (Phi) is 4.97. The first-order chi connectivity index (χ1) is 8.31. The largest absolute Gasteiger partial charge is 0.443 e. The summed E-state index contributed by atoms with van der Waals surface area (Å²) in [5.41, 5.74) is 4.53. The van der Waals surface area contributed by atoms with Crippen LogP contribution in [0.3, 0.4) is 0 Å². The first-order valence-corrected chi connectivity index (χ1v) is 6.33. The van der Waals surface area contributed by atoms with E-state index in [9.17, 15) is 0 Å². The molecule has 0 aliphatic rings. The number of hydrogen-bond acceptors (Lipinski definition) is 2. The zero-order valence-corrected chi connectivity index (χ0v) is 12.6. The molecule has 0 aliphatic heterocycles. The molecule has 0 aromatic heterocycles. The highest BCUT2D eigenvalue weighted by atomic mass is 35.5. The summed E-state index contributed by atoms with van der Waals surface area (Å²) in [6.07, 6.45) is 0. The van der Waals surface area contributed by atoms with E-state index >= 15 is 0 Å². The lowest BCUT2D eigenvalue weighted by Gasteiger charge is -2.11. The smallest absolute Gasteiger partial charge is 0.192 e. The molecular weight excluding hydrogens is 246 g/mol. The Bertz CT molecular complexity index is 511. The van der Waals surface area contributed by atoms with Crippen molar-refractivity contribution in [3.8, 4) is 5.75 Å². The monoisotopic (exact) mass is 265 g/mol. The molecule has 1 rings (SSSR count). The number of nitrogens with zero attached hydrogens (tertiary/aromatic N) is 1. The van der Waals surface area contributed by atoms with Gasteiger partial charge < -0.3 is 4.74 Å². The number of ether oxygens (including phenoxy) is 1. The van der Waals surface area contributed by atoms with Crippen LogP contribution in [0.2, 0.25) is 0 Å². The maximum atomic E-state index is 5.99. The van der Waals surface area contributed by atoms with Crippen LogP contribution in [-0.4, -0.2) is 5.90 Å². The first kappa shape index (κ1) is 14.8. The van der Waals surface area contributed by atoms with Crippen LogP contribution in [-0.2, 0) is 0 Å². The number of rotatable bonds is 2. The molecule has 18 heavy (non-hydrogen) atoms. The van der Waals surface area contributed by atoms with Crippen LogP contribution in [0, 0.1) is 20.8 Å². The summed E-state index contributed by atoms with van der Waals surface area (Å²) in [7, 11) is 0. The van der Waals surface area contributed by atoms with Crippen molar-refractivity contribution in [1.29, 1.82) is 0 Å². The Balaban J connectivity index is 2.99. The molecule has 0 saturated carbocycles. The predicted molar refractivity (Wildman–Crippen MR) is 78.6 cm³/mol. The lowest BCUT2D eigenvalue weighted by atomic mass is 10.1. The van der Waals surface area contributed by atoms with Gasteiger partial charge in [0.25, 0.3) is 0 Å². The van der Waals surface area contributed by atoms with Crippen molar-refractivity contribution >= 4 is 17.5 Å². The minimum atomic E-state index is 0.481. The van der Waals surface area contributed by atoms with Gasteiger partial charge in [-0.1, -0.05) is 17.7 Å². The van der Waals surface area contributed by atoms with Crippen LogP contribution < -0.4 is 4.74 Å². The van der Waals surface area contributed by atoms with Crippen molar-refractivity contribution in [2.45, 2.75) is 41.5 Å². The molecule has 0 unspecified atom stereocenters. The summed E-state index contributed by atoms with van der Waals surface area (Å²) in [6, 6.07) is 4.14. The van der Waals surface area contributed by atoms with Gasteiger partial charge in [-0.15, -0.1) is 0 Å². The lowest BCUT2D eigenvalue weighted by molar-refractivity contribution is 0.541. The van der Waals surface area contributed by atoms with Crippen LogP contribution in [0.25, 0.3) is 0 Å². The van der Waals surface area contributed by atoms with E-state index < -0.39 is 0 Å². The van der Waals surface area contributed by atoms with E-state index in [1.807, 2.05) is 26.8 Å². The molecule has 0 N–H and O–H groups in total. The van der Waals surface area contributed by atoms with E-state index in [1.54, 1.807) is 6.92 Å². The van der Waals surface area contributed by atoms with E-state index in [2.05, 4.69) is 24.9 Å². The van der Waals surface area contributed by atoms with Crippen molar-refractivity contribution in [1.82, 2.24) is 0 Å². The minimum absolute atomic E-state index is 0.481. The molecule has 0 aliphatic carbocycles. The van der Waals surface area contributed by atoms with Crippen LogP contribution in [0.15, 0.2) is 27.9 Å². The number of aliphatic imine (C=N–C) groups is 1. The Morgan fingerprint density at radius 3 is 2.11 bits per heavy atom. The topological polar surface area (TPSA) is 21.6 Å². The molecule has 0 saturated heterocycles. The second-order valence-corrected chi connectivity index (χ2v) is 5.08. The Morgan fingerprint density at radius 2 is 1.56 bits per heavy atom. The van der Waals surface area contributed by atoms with E-state index in [0.717, 1.165) is 16.9 Å². The number of hydrogen-bond donors (Lipinski definition) is 0. The average Bonchev–Trinajstić information content (AvgIpc) is 2.25.